The van der Waals surface area contributed by atoms with Crippen LogP contribution in [0.15, 0.2) is 40.3 Å². The lowest BCUT2D eigenvalue weighted by Gasteiger charge is -2.06. The van der Waals surface area contributed by atoms with Crippen molar-refractivity contribution in [3.05, 3.63) is 53.0 Å². The quantitative estimate of drug-likeness (QED) is 0.920. The van der Waals surface area contributed by atoms with Crippen LogP contribution in [0.4, 0.5) is 4.39 Å². The summed E-state index contributed by atoms with van der Waals surface area (Å²) in [4.78, 5) is 4.96. The number of hydrogen-bond acceptors (Lipinski definition) is 3. The minimum atomic E-state index is -0.246. The van der Waals surface area contributed by atoms with E-state index in [0.29, 0.717) is 11.4 Å². The molecule has 1 heterocycles. The number of halogens is 1. The first kappa shape index (κ1) is 13.1. The van der Waals surface area contributed by atoms with Crippen LogP contribution in [-0.2, 0) is 6.54 Å². The van der Waals surface area contributed by atoms with Gasteiger partial charge in [0.25, 0.3) is 0 Å². The fourth-order valence-electron chi connectivity index (χ4n) is 1.72. The average molecular weight is 262 g/mol. The third-order valence-electron chi connectivity index (χ3n) is 2.52. The molecular formula is C14H15FN2S. The number of benzene rings is 1. The van der Waals surface area contributed by atoms with Crippen LogP contribution in [0.3, 0.4) is 0 Å². The zero-order chi connectivity index (χ0) is 13.1. The molecule has 0 bridgehead atoms. The smallest absolute Gasteiger partial charge is 0.137 e. The van der Waals surface area contributed by atoms with E-state index in [1.807, 2.05) is 32.0 Å². The molecule has 0 aliphatic rings. The summed E-state index contributed by atoms with van der Waals surface area (Å²) in [5, 5.41) is 0.812. The molecule has 2 N–H and O–H groups in total. The maximum Gasteiger partial charge on any atom is 0.137 e. The molecule has 1 aromatic heterocycles. The van der Waals surface area contributed by atoms with E-state index in [0.717, 1.165) is 21.8 Å². The molecule has 1 aromatic carbocycles. The summed E-state index contributed by atoms with van der Waals surface area (Å²) in [7, 11) is 0. The molecule has 2 nitrogen and oxygen atoms in total. The predicted octanol–water partition coefficient (Wildman–Crippen LogP) is 3.45. The Labute approximate surface area is 110 Å². The van der Waals surface area contributed by atoms with Crippen molar-refractivity contribution in [3.63, 3.8) is 0 Å². The lowest BCUT2D eigenvalue weighted by atomic mass is 10.2. The maximum absolute atomic E-state index is 13.8. The number of hydrogen-bond donors (Lipinski definition) is 1. The highest BCUT2D eigenvalue weighted by molar-refractivity contribution is 7.99. The van der Waals surface area contributed by atoms with Gasteiger partial charge in [-0.25, -0.2) is 9.37 Å². The van der Waals surface area contributed by atoms with Crippen LogP contribution in [0.5, 0.6) is 0 Å². The van der Waals surface area contributed by atoms with Gasteiger partial charge >= 0.3 is 0 Å². The number of nitrogens with two attached hydrogens (primary N) is 1. The highest BCUT2D eigenvalue weighted by Crippen LogP contribution is 2.29. The van der Waals surface area contributed by atoms with E-state index in [1.54, 1.807) is 6.07 Å². The van der Waals surface area contributed by atoms with Crippen molar-refractivity contribution in [1.29, 1.82) is 0 Å². The molecule has 2 rings (SSSR count). The molecule has 94 valence electrons. The zero-order valence-corrected chi connectivity index (χ0v) is 11.2. The van der Waals surface area contributed by atoms with E-state index >= 15 is 0 Å². The summed E-state index contributed by atoms with van der Waals surface area (Å²) in [6.45, 7) is 4.29. The van der Waals surface area contributed by atoms with E-state index in [4.69, 9.17) is 5.73 Å². The Balaban J connectivity index is 2.28. The van der Waals surface area contributed by atoms with Gasteiger partial charge in [0.15, 0.2) is 0 Å². The van der Waals surface area contributed by atoms with Gasteiger partial charge in [-0.2, -0.15) is 0 Å². The molecule has 0 aliphatic carbocycles. The molecule has 0 radical (unpaired) electrons. The average Bonchev–Trinajstić information content (AvgIpc) is 2.30. The van der Waals surface area contributed by atoms with Crippen LogP contribution in [0.1, 0.15) is 16.8 Å². The standard InChI is InChI=1S/C14H15FN2S/c1-9-5-10(2)17-14(6-9)18-13-4-3-11(8-16)7-12(13)15/h3-7H,8,16H2,1-2H3. The highest BCUT2D eigenvalue weighted by atomic mass is 32.2. The first-order chi connectivity index (χ1) is 8.58. The van der Waals surface area contributed by atoms with E-state index < -0.39 is 0 Å². The van der Waals surface area contributed by atoms with Gasteiger partial charge in [-0.05, 0) is 49.2 Å². The van der Waals surface area contributed by atoms with Gasteiger partial charge in [-0.3, -0.25) is 0 Å². The summed E-state index contributed by atoms with van der Waals surface area (Å²) < 4.78 is 13.8. The van der Waals surface area contributed by atoms with Crippen molar-refractivity contribution >= 4 is 11.8 Å². The first-order valence-corrected chi connectivity index (χ1v) is 6.52. The van der Waals surface area contributed by atoms with Gasteiger partial charge in [0, 0.05) is 17.1 Å². The third-order valence-corrected chi connectivity index (χ3v) is 3.49. The Morgan fingerprint density at radius 1 is 1.22 bits per heavy atom. The molecule has 18 heavy (non-hydrogen) atoms. The van der Waals surface area contributed by atoms with Crippen molar-refractivity contribution in [2.45, 2.75) is 30.3 Å². The molecule has 0 amide bonds. The normalized spacial score (nSPS) is 10.7. The Morgan fingerprint density at radius 3 is 2.61 bits per heavy atom. The minimum Gasteiger partial charge on any atom is -0.326 e. The Bertz CT molecular complexity index is 549. The number of aromatic nitrogens is 1. The van der Waals surface area contributed by atoms with E-state index in [-0.39, 0.29) is 5.82 Å². The zero-order valence-electron chi connectivity index (χ0n) is 10.4. The topological polar surface area (TPSA) is 38.9 Å². The summed E-state index contributed by atoms with van der Waals surface area (Å²) in [6.07, 6.45) is 0. The summed E-state index contributed by atoms with van der Waals surface area (Å²) in [6, 6.07) is 9.02. The lowest BCUT2D eigenvalue weighted by molar-refractivity contribution is 0.599. The molecule has 0 unspecified atom stereocenters. The first-order valence-electron chi connectivity index (χ1n) is 5.70. The minimum absolute atomic E-state index is 0.246. The van der Waals surface area contributed by atoms with Gasteiger partial charge in [0.1, 0.15) is 10.8 Å². The fraction of sp³-hybridized carbons (Fsp3) is 0.214. The van der Waals surface area contributed by atoms with Gasteiger partial charge in [0.05, 0.1) is 0 Å². The van der Waals surface area contributed by atoms with Crippen molar-refractivity contribution in [2.75, 3.05) is 0 Å². The number of rotatable bonds is 3. The molecular weight excluding hydrogens is 247 g/mol. The molecule has 0 saturated heterocycles. The molecule has 0 fully saturated rings. The lowest BCUT2D eigenvalue weighted by Crippen LogP contribution is -1.97. The summed E-state index contributed by atoms with van der Waals surface area (Å²) in [5.41, 5.74) is 8.34. The Kier molecular flexibility index (Phi) is 3.99. The van der Waals surface area contributed by atoms with Crippen molar-refractivity contribution in [3.8, 4) is 0 Å². The van der Waals surface area contributed by atoms with Crippen LogP contribution in [0.25, 0.3) is 0 Å². The van der Waals surface area contributed by atoms with Crippen LogP contribution < -0.4 is 5.73 Å². The molecule has 0 atom stereocenters. The van der Waals surface area contributed by atoms with Crippen molar-refractivity contribution in [2.24, 2.45) is 5.73 Å². The second kappa shape index (κ2) is 5.50. The number of aryl methyl sites for hydroxylation is 2. The van der Waals surface area contributed by atoms with E-state index in [9.17, 15) is 4.39 Å². The second-order valence-electron chi connectivity index (χ2n) is 4.20. The van der Waals surface area contributed by atoms with Crippen LogP contribution in [-0.4, -0.2) is 4.98 Å². The SMILES string of the molecule is Cc1cc(C)nc(Sc2ccc(CN)cc2F)c1. The molecule has 2 aromatic rings. The molecule has 0 spiro atoms. The van der Waals surface area contributed by atoms with Gasteiger partial charge in [0.2, 0.25) is 0 Å². The van der Waals surface area contributed by atoms with Crippen molar-refractivity contribution < 1.29 is 4.39 Å². The number of pyridine rings is 1. The summed E-state index contributed by atoms with van der Waals surface area (Å²) in [5.74, 6) is -0.246. The second-order valence-corrected chi connectivity index (χ2v) is 5.26. The maximum atomic E-state index is 13.8. The largest absolute Gasteiger partial charge is 0.326 e. The molecule has 0 saturated carbocycles. The predicted molar refractivity (Wildman–Crippen MR) is 72.1 cm³/mol. The molecule has 4 heteroatoms. The number of nitrogens with zero attached hydrogens (tertiary/aromatic N) is 1. The van der Waals surface area contributed by atoms with Gasteiger partial charge in [-0.15, -0.1) is 0 Å². The Morgan fingerprint density at radius 2 is 2.00 bits per heavy atom. The molecule has 0 aliphatic heterocycles. The van der Waals surface area contributed by atoms with Gasteiger partial charge < -0.3 is 5.73 Å². The fourth-order valence-corrected chi connectivity index (χ4v) is 2.68. The Hall–Kier alpha value is -1.39. The monoisotopic (exact) mass is 262 g/mol. The van der Waals surface area contributed by atoms with Crippen LogP contribution in [0.2, 0.25) is 0 Å². The van der Waals surface area contributed by atoms with Crippen LogP contribution in [0, 0.1) is 19.7 Å². The third kappa shape index (κ3) is 3.09. The van der Waals surface area contributed by atoms with E-state index in [1.165, 1.54) is 17.8 Å². The summed E-state index contributed by atoms with van der Waals surface area (Å²) >= 11 is 1.33. The van der Waals surface area contributed by atoms with Gasteiger partial charge in [-0.1, -0.05) is 17.8 Å². The van der Waals surface area contributed by atoms with Crippen LogP contribution >= 0.6 is 11.8 Å². The van der Waals surface area contributed by atoms with E-state index in [2.05, 4.69) is 4.98 Å². The van der Waals surface area contributed by atoms with Crippen molar-refractivity contribution in [1.82, 2.24) is 4.98 Å². The highest BCUT2D eigenvalue weighted by Gasteiger charge is 2.07.